The number of nitrogens with one attached hydrogen (secondary N) is 2. The molecule has 152 valence electrons. The predicted octanol–water partition coefficient (Wildman–Crippen LogP) is 3.32. The molecule has 3 aromatic rings. The number of para-hydroxylation sites is 1. The standard InChI is InChI=1S/C22H27N5O2/c1-6-17-9-7-8-10-19(17)24-20(28)12-11-18-15(4)26-27(16(18)5)22-23-14(3)13(2)21(29)25-22/h7-10H,6,11-12H2,1-5H3,(H,24,28)(H,23,25,29). The number of hydrogen-bond acceptors (Lipinski definition) is 4. The quantitative estimate of drug-likeness (QED) is 0.672. The number of aromatic amines is 1. The van der Waals surface area contributed by atoms with Crippen molar-refractivity contribution in [1.29, 1.82) is 0 Å². The fraction of sp³-hybridized carbons (Fsp3) is 0.364. The van der Waals surface area contributed by atoms with Gasteiger partial charge in [0, 0.05) is 29.1 Å². The van der Waals surface area contributed by atoms with Crippen LogP contribution >= 0.6 is 0 Å². The second kappa shape index (κ2) is 8.43. The molecule has 7 nitrogen and oxygen atoms in total. The van der Waals surface area contributed by atoms with E-state index in [-0.39, 0.29) is 11.5 Å². The van der Waals surface area contributed by atoms with E-state index in [1.165, 1.54) is 0 Å². The number of carbonyl (C=O) groups excluding carboxylic acids is 1. The van der Waals surface area contributed by atoms with E-state index in [0.29, 0.717) is 30.0 Å². The van der Waals surface area contributed by atoms with Gasteiger partial charge >= 0.3 is 0 Å². The molecule has 0 spiro atoms. The number of rotatable bonds is 6. The Kier molecular flexibility index (Phi) is 5.96. The van der Waals surface area contributed by atoms with Crippen molar-refractivity contribution in [1.82, 2.24) is 19.7 Å². The summed E-state index contributed by atoms with van der Waals surface area (Å²) in [6.07, 6.45) is 1.78. The maximum absolute atomic E-state index is 12.5. The SMILES string of the molecule is CCc1ccccc1NC(=O)CCc1c(C)nn(-c2nc(C)c(C)c(=O)[nH]2)c1C. The van der Waals surface area contributed by atoms with Crippen LogP contribution in [-0.2, 0) is 17.6 Å². The smallest absolute Gasteiger partial charge is 0.255 e. The fourth-order valence-electron chi connectivity index (χ4n) is 3.38. The Morgan fingerprint density at radius 1 is 1.14 bits per heavy atom. The van der Waals surface area contributed by atoms with Crippen LogP contribution in [0.5, 0.6) is 0 Å². The second-order valence-electron chi connectivity index (χ2n) is 7.22. The van der Waals surface area contributed by atoms with Crippen molar-refractivity contribution in [2.24, 2.45) is 0 Å². The number of anilines is 1. The summed E-state index contributed by atoms with van der Waals surface area (Å²) in [5.41, 5.74) is 5.76. The molecule has 2 heterocycles. The zero-order chi connectivity index (χ0) is 21.1. The number of hydrogen-bond donors (Lipinski definition) is 2. The highest BCUT2D eigenvalue weighted by Crippen LogP contribution is 2.19. The number of nitrogens with zero attached hydrogens (tertiary/aromatic N) is 3. The molecule has 7 heteroatoms. The van der Waals surface area contributed by atoms with Crippen LogP contribution in [0, 0.1) is 27.7 Å². The van der Waals surface area contributed by atoms with Gasteiger partial charge in [-0.05, 0) is 57.7 Å². The molecule has 29 heavy (non-hydrogen) atoms. The van der Waals surface area contributed by atoms with Gasteiger partial charge in [-0.1, -0.05) is 25.1 Å². The van der Waals surface area contributed by atoms with Gasteiger partial charge in [0.05, 0.1) is 5.69 Å². The zero-order valence-corrected chi connectivity index (χ0v) is 17.6. The number of benzene rings is 1. The Balaban J connectivity index is 1.77. The third kappa shape index (κ3) is 4.29. The van der Waals surface area contributed by atoms with Crippen molar-refractivity contribution in [2.75, 3.05) is 5.32 Å². The van der Waals surface area contributed by atoms with E-state index < -0.39 is 0 Å². The van der Waals surface area contributed by atoms with E-state index in [1.54, 1.807) is 18.5 Å². The van der Waals surface area contributed by atoms with Gasteiger partial charge in [-0.2, -0.15) is 5.10 Å². The number of aryl methyl sites for hydroxylation is 3. The molecule has 1 amide bonds. The van der Waals surface area contributed by atoms with Crippen molar-refractivity contribution in [3.05, 3.63) is 68.4 Å². The minimum Gasteiger partial charge on any atom is -0.326 e. The molecule has 0 unspecified atom stereocenters. The van der Waals surface area contributed by atoms with Gasteiger partial charge in [0.1, 0.15) is 0 Å². The lowest BCUT2D eigenvalue weighted by Crippen LogP contribution is -2.18. The van der Waals surface area contributed by atoms with Crippen molar-refractivity contribution < 1.29 is 4.79 Å². The highest BCUT2D eigenvalue weighted by atomic mass is 16.1. The molecular formula is C22H27N5O2. The third-order valence-corrected chi connectivity index (χ3v) is 5.30. The lowest BCUT2D eigenvalue weighted by molar-refractivity contribution is -0.116. The van der Waals surface area contributed by atoms with Crippen LogP contribution in [0.3, 0.4) is 0 Å². The predicted molar refractivity (Wildman–Crippen MR) is 114 cm³/mol. The summed E-state index contributed by atoms with van der Waals surface area (Å²) in [7, 11) is 0. The van der Waals surface area contributed by atoms with Crippen molar-refractivity contribution in [3.8, 4) is 5.95 Å². The third-order valence-electron chi connectivity index (χ3n) is 5.30. The van der Waals surface area contributed by atoms with E-state index in [9.17, 15) is 9.59 Å². The van der Waals surface area contributed by atoms with Gasteiger partial charge in [-0.15, -0.1) is 0 Å². The van der Waals surface area contributed by atoms with Gasteiger partial charge in [0.2, 0.25) is 11.9 Å². The van der Waals surface area contributed by atoms with Gasteiger partial charge in [-0.3, -0.25) is 14.6 Å². The van der Waals surface area contributed by atoms with Crippen molar-refractivity contribution in [2.45, 2.75) is 53.9 Å². The molecule has 2 N–H and O–H groups in total. The minimum atomic E-state index is -0.171. The average Bonchev–Trinajstić information content (AvgIpc) is 2.98. The molecule has 0 aliphatic carbocycles. The van der Waals surface area contributed by atoms with Crippen LogP contribution in [-0.4, -0.2) is 25.7 Å². The minimum absolute atomic E-state index is 0.0323. The highest BCUT2D eigenvalue weighted by Gasteiger charge is 2.16. The van der Waals surface area contributed by atoms with E-state index in [4.69, 9.17) is 0 Å². The maximum Gasteiger partial charge on any atom is 0.255 e. The van der Waals surface area contributed by atoms with Crippen LogP contribution < -0.4 is 10.9 Å². The van der Waals surface area contributed by atoms with E-state index >= 15 is 0 Å². The summed E-state index contributed by atoms with van der Waals surface area (Å²) in [5, 5.41) is 7.54. The molecular weight excluding hydrogens is 366 g/mol. The summed E-state index contributed by atoms with van der Waals surface area (Å²) in [5.74, 6) is 0.362. The van der Waals surface area contributed by atoms with Crippen LogP contribution in [0.1, 0.15) is 47.1 Å². The fourth-order valence-corrected chi connectivity index (χ4v) is 3.38. The molecule has 0 fully saturated rings. The largest absolute Gasteiger partial charge is 0.326 e. The molecule has 0 saturated carbocycles. The molecule has 0 aliphatic heterocycles. The Labute approximate surface area is 170 Å². The number of aromatic nitrogens is 4. The molecule has 3 rings (SSSR count). The van der Waals surface area contributed by atoms with Crippen molar-refractivity contribution in [3.63, 3.8) is 0 Å². The average molecular weight is 393 g/mol. The van der Waals surface area contributed by atoms with E-state index in [2.05, 4.69) is 27.3 Å². The molecule has 0 aliphatic rings. The van der Waals surface area contributed by atoms with Crippen LogP contribution in [0.25, 0.3) is 5.95 Å². The molecule has 2 aromatic heterocycles. The molecule has 0 saturated heterocycles. The lowest BCUT2D eigenvalue weighted by Gasteiger charge is -2.10. The molecule has 0 atom stereocenters. The Morgan fingerprint density at radius 3 is 2.55 bits per heavy atom. The molecule has 0 bridgehead atoms. The highest BCUT2D eigenvalue weighted by molar-refractivity contribution is 5.91. The van der Waals surface area contributed by atoms with Gasteiger partial charge < -0.3 is 5.32 Å². The Morgan fingerprint density at radius 2 is 1.86 bits per heavy atom. The summed E-state index contributed by atoms with van der Waals surface area (Å²) in [6.45, 7) is 9.44. The first kappa shape index (κ1) is 20.5. The Bertz CT molecular complexity index is 1110. The number of H-pyrrole nitrogens is 1. The van der Waals surface area contributed by atoms with E-state index in [0.717, 1.165) is 34.6 Å². The van der Waals surface area contributed by atoms with Gasteiger partial charge in [0.25, 0.3) is 5.56 Å². The monoisotopic (exact) mass is 393 g/mol. The summed E-state index contributed by atoms with van der Waals surface area (Å²) >= 11 is 0. The Hall–Kier alpha value is -3.22. The van der Waals surface area contributed by atoms with Crippen LogP contribution in [0.15, 0.2) is 29.1 Å². The maximum atomic E-state index is 12.5. The molecule has 1 aromatic carbocycles. The van der Waals surface area contributed by atoms with Crippen LogP contribution in [0.2, 0.25) is 0 Å². The zero-order valence-electron chi connectivity index (χ0n) is 17.6. The van der Waals surface area contributed by atoms with Gasteiger partial charge in [-0.25, -0.2) is 9.67 Å². The lowest BCUT2D eigenvalue weighted by atomic mass is 10.1. The summed E-state index contributed by atoms with van der Waals surface area (Å²) in [4.78, 5) is 31.8. The first-order chi connectivity index (χ1) is 13.8. The normalized spacial score (nSPS) is 10.9. The van der Waals surface area contributed by atoms with Crippen LogP contribution in [0.4, 0.5) is 5.69 Å². The molecule has 0 radical (unpaired) electrons. The first-order valence-corrected chi connectivity index (χ1v) is 9.82. The topological polar surface area (TPSA) is 92.7 Å². The van der Waals surface area contributed by atoms with Crippen molar-refractivity contribution >= 4 is 11.6 Å². The number of carbonyl (C=O) groups is 1. The van der Waals surface area contributed by atoms with E-state index in [1.807, 2.05) is 38.1 Å². The van der Waals surface area contributed by atoms with Gasteiger partial charge in [0.15, 0.2) is 0 Å². The second-order valence-corrected chi connectivity index (χ2v) is 7.22. The number of amides is 1. The first-order valence-electron chi connectivity index (χ1n) is 9.82. The summed E-state index contributed by atoms with van der Waals surface area (Å²) < 4.78 is 1.64. The summed E-state index contributed by atoms with van der Waals surface area (Å²) in [6, 6.07) is 7.84.